The standard InChI is InChI=1S/C15H16O2.C4H11NO2.C3H6O.CH2O/c1-15(2,11-3-7-13(16)8-4-11)12-5-9-14(17)10-6-12;6-3-1-5-2-4-7;1-3-2-4-3;1-2/h3-10,16-17H,1-2H3;5-7H,1-4H2;3H,2H2,1H3;1H2. The predicted octanol–water partition coefficient (Wildman–Crippen LogP) is 2.20. The van der Waals surface area contributed by atoms with E-state index in [0.29, 0.717) is 19.2 Å². The molecule has 1 saturated heterocycles. The van der Waals surface area contributed by atoms with Crippen LogP contribution in [-0.4, -0.2) is 66.2 Å². The van der Waals surface area contributed by atoms with Crippen LogP contribution in [0.3, 0.4) is 0 Å². The Bertz CT molecular complexity index is 618. The van der Waals surface area contributed by atoms with E-state index >= 15 is 0 Å². The molecule has 0 aromatic heterocycles. The molecule has 0 bridgehead atoms. The number of aliphatic hydroxyl groups is 2. The minimum atomic E-state index is -0.151. The summed E-state index contributed by atoms with van der Waals surface area (Å²) in [6.45, 7) is 10.7. The van der Waals surface area contributed by atoms with E-state index in [1.807, 2.05) is 31.1 Å². The number of ether oxygens (including phenoxy) is 1. The van der Waals surface area contributed by atoms with Crippen molar-refractivity contribution in [1.82, 2.24) is 5.32 Å². The van der Waals surface area contributed by atoms with E-state index < -0.39 is 0 Å². The number of phenolic OH excluding ortho intramolecular Hbond substituents is 2. The van der Waals surface area contributed by atoms with E-state index in [9.17, 15) is 10.2 Å². The van der Waals surface area contributed by atoms with Gasteiger partial charge in [0.2, 0.25) is 0 Å². The van der Waals surface area contributed by atoms with Crippen LogP contribution >= 0.6 is 0 Å². The Balaban J connectivity index is 0.000000532. The number of benzene rings is 2. The molecule has 1 unspecified atom stereocenters. The first-order valence-electron chi connectivity index (χ1n) is 9.73. The minimum absolute atomic E-state index is 0.139. The summed E-state index contributed by atoms with van der Waals surface area (Å²) in [6, 6.07) is 14.4. The summed E-state index contributed by atoms with van der Waals surface area (Å²) in [5.74, 6) is 0.547. The molecule has 0 saturated carbocycles. The fraction of sp³-hybridized carbons (Fsp3) is 0.435. The summed E-state index contributed by atoms with van der Waals surface area (Å²) in [7, 11) is 0. The highest BCUT2D eigenvalue weighted by molar-refractivity contribution is 5.41. The average molecular weight is 422 g/mol. The largest absolute Gasteiger partial charge is 0.508 e. The number of carbonyl (C=O) groups excluding carboxylic acids is 1. The SMILES string of the molecule is C=O.CC(C)(c1ccc(O)cc1)c1ccc(O)cc1.CC1CO1.OCCNCCO. The van der Waals surface area contributed by atoms with E-state index in [-0.39, 0.29) is 30.1 Å². The summed E-state index contributed by atoms with van der Waals surface area (Å²) in [5, 5.41) is 37.7. The molecular weight excluding hydrogens is 386 g/mol. The molecule has 0 aliphatic carbocycles. The molecule has 0 amide bonds. The van der Waals surface area contributed by atoms with Crippen LogP contribution in [0.15, 0.2) is 48.5 Å². The van der Waals surface area contributed by atoms with Crippen molar-refractivity contribution in [2.75, 3.05) is 32.9 Å². The number of rotatable bonds is 6. The van der Waals surface area contributed by atoms with Gasteiger partial charge in [-0.2, -0.15) is 0 Å². The number of hydrogen-bond donors (Lipinski definition) is 5. The molecule has 2 aromatic carbocycles. The molecule has 7 heteroatoms. The van der Waals surface area contributed by atoms with E-state index in [0.717, 1.165) is 17.7 Å². The molecule has 1 heterocycles. The summed E-state index contributed by atoms with van der Waals surface area (Å²) < 4.78 is 4.71. The Morgan fingerprint density at radius 1 is 0.900 bits per heavy atom. The number of nitrogens with one attached hydrogen (secondary N) is 1. The number of aliphatic hydroxyl groups excluding tert-OH is 2. The van der Waals surface area contributed by atoms with E-state index in [4.69, 9.17) is 19.7 Å². The van der Waals surface area contributed by atoms with Gasteiger partial charge in [0, 0.05) is 18.5 Å². The van der Waals surface area contributed by atoms with Gasteiger partial charge in [0.25, 0.3) is 0 Å². The quantitative estimate of drug-likeness (QED) is 0.358. The lowest BCUT2D eigenvalue weighted by molar-refractivity contribution is -0.0980. The minimum Gasteiger partial charge on any atom is -0.508 e. The molecule has 1 fully saturated rings. The first-order chi connectivity index (χ1) is 14.3. The van der Waals surface area contributed by atoms with Crippen molar-refractivity contribution in [2.24, 2.45) is 0 Å². The maximum absolute atomic E-state index is 9.30. The topological polar surface area (TPSA) is 123 Å². The van der Waals surface area contributed by atoms with Gasteiger partial charge in [0.1, 0.15) is 18.3 Å². The van der Waals surface area contributed by atoms with Crippen LogP contribution in [0.4, 0.5) is 0 Å². The molecule has 7 nitrogen and oxygen atoms in total. The van der Waals surface area contributed by atoms with Crippen LogP contribution in [0.25, 0.3) is 0 Å². The lowest BCUT2D eigenvalue weighted by Gasteiger charge is -2.26. The van der Waals surface area contributed by atoms with Crippen molar-refractivity contribution < 1.29 is 30.0 Å². The number of phenols is 2. The molecule has 30 heavy (non-hydrogen) atoms. The molecule has 168 valence electrons. The van der Waals surface area contributed by atoms with Crippen molar-refractivity contribution >= 4 is 6.79 Å². The Labute approximate surface area is 179 Å². The van der Waals surface area contributed by atoms with Gasteiger partial charge in [-0.1, -0.05) is 38.1 Å². The van der Waals surface area contributed by atoms with Gasteiger partial charge in [0.05, 0.1) is 25.9 Å². The fourth-order valence-electron chi connectivity index (χ4n) is 2.30. The smallest absolute Gasteiger partial charge is 0.115 e. The Morgan fingerprint density at radius 3 is 1.43 bits per heavy atom. The van der Waals surface area contributed by atoms with Crippen molar-refractivity contribution in [1.29, 1.82) is 0 Å². The first-order valence-corrected chi connectivity index (χ1v) is 9.73. The fourth-order valence-corrected chi connectivity index (χ4v) is 2.30. The molecular formula is C23H35NO6. The summed E-state index contributed by atoms with van der Waals surface area (Å²) in [5.41, 5.74) is 2.10. The zero-order chi connectivity index (χ0) is 23.0. The second kappa shape index (κ2) is 15.4. The molecule has 5 N–H and O–H groups in total. The second-order valence-corrected chi connectivity index (χ2v) is 7.06. The third-order valence-corrected chi connectivity index (χ3v) is 4.26. The van der Waals surface area contributed by atoms with Gasteiger partial charge >= 0.3 is 0 Å². The lowest BCUT2D eigenvalue weighted by atomic mass is 9.78. The van der Waals surface area contributed by atoms with E-state index in [1.54, 1.807) is 24.3 Å². The number of hydrogen-bond acceptors (Lipinski definition) is 7. The molecule has 1 atom stereocenters. The highest BCUT2D eigenvalue weighted by atomic mass is 16.6. The maximum Gasteiger partial charge on any atom is 0.115 e. The number of aromatic hydroxyl groups is 2. The monoisotopic (exact) mass is 421 g/mol. The van der Waals surface area contributed by atoms with Gasteiger partial charge in [-0.05, 0) is 42.3 Å². The van der Waals surface area contributed by atoms with Crippen molar-refractivity contribution in [3.05, 3.63) is 59.7 Å². The van der Waals surface area contributed by atoms with Gasteiger partial charge in [-0.25, -0.2) is 0 Å². The Kier molecular flexibility index (Phi) is 14.1. The van der Waals surface area contributed by atoms with E-state index in [1.165, 1.54) is 0 Å². The highest BCUT2D eigenvalue weighted by Crippen LogP contribution is 2.32. The van der Waals surface area contributed by atoms with Gasteiger partial charge < -0.3 is 35.3 Å². The normalized spacial score (nSPS) is 14.1. The number of epoxide rings is 1. The second-order valence-electron chi connectivity index (χ2n) is 7.06. The third-order valence-electron chi connectivity index (χ3n) is 4.26. The van der Waals surface area contributed by atoms with Gasteiger partial charge in [-0.3, -0.25) is 0 Å². The van der Waals surface area contributed by atoms with Gasteiger partial charge in [0.15, 0.2) is 0 Å². The average Bonchev–Trinajstić information content (AvgIpc) is 3.54. The van der Waals surface area contributed by atoms with Crippen LogP contribution in [0.5, 0.6) is 11.5 Å². The molecule has 1 aliphatic rings. The predicted molar refractivity (Wildman–Crippen MR) is 118 cm³/mol. The molecule has 0 spiro atoms. The van der Waals surface area contributed by atoms with Crippen LogP contribution in [0, 0.1) is 0 Å². The zero-order valence-electron chi connectivity index (χ0n) is 18.0. The maximum atomic E-state index is 9.30. The van der Waals surface area contributed by atoms with E-state index in [2.05, 4.69) is 26.1 Å². The molecule has 1 aliphatic heterocycles. The van der Waals surface area contributed by atoms with Crippen LogP contribution in [0.1, 0.15) is 31.9 Å². The van der Waals surface area contributed by atoms with Crippen molar-refractivity contribution in [3.8, 4) is 11.5 Å². The van der Waals surface area contributed by atoms with Crippen LogP contribution in [0.2, 0.25) is 0 Å². The number of carbonyl (C=O) groups is 1. The van der Waals surface area contributed by atoms with Crippen LogP contribution in [-0.2, 0) is 14.9 Å². The molecule has 2 aromatic rings. The molecule has 3 rings (SSSR count). The van der Waals surface area contributed by atoms with Crippen molar-refractivity contribution in [3.63, 3.8) is 0 Å². The van der Waals surface area contributed by atoms with Crippen LogP contribution < -0.4 is 5.32 Å². The van der Waals surface area contributed by atoms with Gasteiger partial charge in [-0.15, -0.1) is 0 Å². The summed E-state index contributed by atoms with van der Waals surface area (Å²) >= 11 is 0. The third kappa shape index (κ3) is 11.5. The summed E-state index contributed by atoms with van der Waals surface area (Å²) in [4.78, 5) is 8.00. The Morgan fingerprint density at radius 2 is 1.20 bits per heavy atom. The van der Waals surface area contributed by atoms with Crippen molar-refractivity contribution in [2.45, 2.75) is 32.3 Å². The zero-order valence-corrected chi connectivity index (χ0v) is 18.0. The Hall–Kier alpha value is -2.45. The highest BCUT2D eigenvalue weighted by Gasteiger charge is 2.22. The lowest BCUT2D eigenvalue weighted by Crippen LogP contribution is -2.21. The molecule has 0 radical (unpaired) electrons. The summed E-state index contributed by atoms with van der Waals surface area (Å²) in [6.07, 6.45) is 0.583. The first kappa shape index (κ1) is 27.5.